The van der Waals surface area contributed by atoms with Crippen LogP contribution >= 0.6 is 0 Å². The van der Waals surface area contributed by atoms with Crippen molar-refractivity contribution < 1.29 is 29.5 Å². The van der Waals surface area contributed by atoms with E-state index in [1.54, 1.807) is 18.3 Å². The highest BCUT2D eigenvalue weighted by atomic mass is 16.4. The minimum absolute atomic E-state index is 0.144. The Balaban J connectivity index is 1.67. The molecule has 0 bridgehead atoms. The molecular weight excluding hydrogens is 491 g/mol. The number of aliphatic imine (C=N–C) groups is 1. The molecule has 38 heavy (non-hydrogen) atoms. The zero-order valence-corrected chi connectivity index (χ0v) is 21.0. The molecule has 0 aromatic carbocycles. The van der Waals surface area contributed by atoms with Crippen LogP contribution in [-0.4, -0.2) is 79.2 Å². The monoisotopic (exact) mass is 522 g/mol. The Morgan fingerprint density at radius 1 is 1.05 bits per heavy atom. The molecule has 2 aromatic rings. The van der Waals surface area contributed by atoms with E-state index in [4.69, 9.17) is 15.2 Å². The number of allylic oxidation sites excluding steroid dienone is 1. The summed E-state index contributed by atoms with van der Waals surface area (Å²) < 4.78 is 0. The summed E-state index contributed by atoms with van der Waals surface area (Å²) in [6.07, 6.45) is 8.08. The summed E-state index contributed by atoms with van der Waals surface area (Å²) >= 11 is 0. The average molecular weight is 522 g/mol. The van der Waals surface area contributed by atoms with Gasteiger partial charge in [0, 0.05) is 43.9 Å². The summed E-state index contributed by atoms with van der Waals surface area (Å²) in [5.74, 6) is -3.89. The van der Waals surface area contributed by atoms with Gasteiger partial charge in [0.1, 0.15) is 6.04 Å². The van der Waals surface area contributed by atoms with Crippen molar-refractivity contribution in [3.05, 3.63) is 72.0 Å². The Kier molecular flexibility index (Phi) is 10.6. The number of nitrogens with one attached hydrogen (secondary N) is 2. The first-order valence-corrected chi connectivity index (χ1v) is 12.2. The number of hydrogen-bond acceptors (Lipinski definition) is 9. The van der Waals surface area contributed by atoms with Gasteiger partial charge in [0.2, 0.25) is 5.91 Å². The van der Waals surface area contributed by atoms with Gasteiger partial charge < -0.3 is 25.8 Å². The SMILES string of the molecule is C[C@@H](NC(=O)[C@H](CC(=O)O)NC(=O)c1ccc(CN(CC2=NC=CCC2)Cc2ccccn2)nc1)B(O)O. The maximum Gasteiger partial charge on any atom is 0.475 e. The first-order valence-electron chi connectivity index (χ1n) is 12.2. The van der Waals surface area contributed by atoms with Crippen LogP contribution in [0.3, 0.4) is 0 Å². The van der Waals surface area contributed by atoms with Crippen LogP contribution in [0.25, 0.3) is 0 Å². The molecule has 2 aromatic heterocycles. The zero-order chi connectivity index (χ0) is 27.5. The van der Waals surface area contributed by atoms with Crippen molar-refractivity contribution in [2.75, 3.05) is 6.54 Å². The van der Waals surface area contributed by atoms with Gasteiger partial charge in [0.15, 0.2) is 0 Å². The first kappa shape index (κ1) is 28.6. The quantitative estimate of drug-likeness (QED) is 0.232. The van der Waals surface area contributed by atoms with Crippen LogP contribution in [0.15, 0.2) is 60.0 Å². The number of aromatic nitrogens is 2. The van der Waals surface area contributed by atoms with E-state index in [1.165, 1.54) is 13.1 Å². The number of carbonyl (C=O) groups excluding carboxylic acids is 2. The Labute approximate surface area is 220 Å². The summed E-state index contributed by atoms with van der Waals surface area (Å²) in [7, 11) is -1.84. The van der Waals surface area contributed by atoms with Gasteiger partial charge in [-0.2, -0.15) is 0 Å². The molecule has 0 spiro atoms. The fourth-order valence-corrected chi connectivity index (χ4v) is 3.72. The van der Waals surface area contributed by atoms with Crippen molar-refractivity contribution in [3.8, 4) is 0 Å². The number of amides is 2. The Morgan fingerprint density at radius 3 is 2.39 bits per heavy atom. The molecule has 1 aliphatic heterocycles. The predicted molar refractivity (Wildman–Crippen MR) is 140 cm³/mol. The van der Waals surface area contributed by atoms with E-state index in [2.05, 4.69) is 30.5 Å². The van der Waals surface area contributed by atoms with Gasteiger partial charge in [-0.1, -0.05) is 12.1 Å². The van der Waals surface area contributed by atoms with Crippen LogP contribution in [0.5, 0.6) is 0 Å². The molecule has 0 radical (unpaired) electrons. The smallest absolute Gasteiger partial charge is 0.475 e. The molecule has 0 fully saturated rings. The van der Waals surface area contributed by atoms with Crippen LogP contribution in [0.4, 0.5) is 0 Å². The van der Waals surface area contributed by atoms with Crippen LogP contribution in [0.2, 0.25) is 0 Å². The third kappa shape index (κ3) is 9.18. The summed E-state index contributed by atoms with van der Waals surface area (Å²) in [5.41, 5.74) is 2.81. The first-order chi connectivity index (χ1) is 18.2. The van der Waals surface area contributed by atoms with E-state index in [1.807, 2.05) is 30.5 Å². The molecule has 0 saturated carbocycles. The summed E-state index contributed by atoms with van der Waals surface area (Å²) in [5, 5.41) is 32.1. The second-order valence-corrected chi connectivity index (χ2v) is 8.96. The molecule has 13 heteroatoms. The van der Waals surface area contributed by atoms with Gasteiger partial charge in [-0.05, 0) is 44.0 Å². The Bertz CT molecular complexity index is 1160. The number of carbonyl (C=O) groups is 3. The third-order valence-electron chi connectivity index (χ3n) is 5.77. The number of pyridine rings is 2. The lowest BCUT2D eigenvalue weighted by Crippen LogP contribution is -2.53. The van der Waals surface area contributed by atoms with Gasteiger partial charge in [-0.3, -0.25) is 34.2 Å². The highest BCUT2D eigenvalue weighted by molar-refractivity contribution is 6.43. The number of carboxylic acids is 1. The normalized spacial score (nSPS) is 14.4. The van der Waals surface area contributed by atoms with Crippen LogP contribution in [0.1, 0.15) is 47.9 Å². The van der Waals surface area contributed by atoms with Gasteiger partial charge in [-0.15, -0.1) is 0 Å². The van der Waals surface area contributed by atoms with Crippen molar-refractivity contribution in [2.24, 2.45) is 4.99 Å². The van der Waals surface area contributed by atoms with Gasteiger partial charge in [-0.25, -0.2) is 0 Å². The lowest BCUT2D eigenvalue weighted by atomic mass is 9.81. The predicted octanol–water partition coefficient (Wildman–Crippen LogP) is 0.317. The second kappa shape index (κ2) is 14.1. The molecule has 2 amide bonds. The third-order valence-corrected chi connectivity index (χ3v) is 5.77. The van der Waals surface area contributed by atoms with Gasteiger partial charge >= 0.3 is 13.1 Å². The fraction of sp³-hybridized carbons (Fsp3) is 0.360. The van der Waals surface area contributed by atoms with Crippen molar-refractivity contribution in [1.29, 1.82) is 0 Å². The van der Waals surface area contributed by atoms with E-state index in [9.17, 15) is 14.4 Å². The minimum Gasteiger partial charge on any atom is -0.481 e. The molecule has 3 rings (SSSR count). The molecule has 5 N–H and O–H groups in total. The highest BCUT2D eigenvalue weighted by Crippen LogP contribution is 2.12. The van der Waals surface area contributed by atoms with E-state index in [-0.39, 0.29) is 5.56 Å². The molecule has 0 unspecified atom stereocenters. The Hall–Kier alpha value is -3.94. The number of carboxylic acid groups (broad SMARTS) is 1. The molecule has 0 saturated heterocycles. The van der Waals surface area contributed by atoms with Crippen molar-refractivity contribution in [3.63, 3.8) is 0 Å². The molecule has 2 atom stereocenters. The zero-order valence-electron chi connectivity index (χ0n) is 21.0. The van der Waals surface area contributed by atoms with Gasteiger partial charge in [0.05, 0.1) is 29.3 Å². The number of nitrogens with zero attached hydrogens (tertiary/aromatic N) is 4. The molecule has 200 valence electrons. The summed E-state index contributed by atoms with van der Waals surface area (Å²) in [6.45, 7) is 3.03. The van der Waals surface area contributed by atoms with Crippen LogP contribution < -0.4 is 10.6 Å². The van der Waals surface area contributed by atoms with E-state index in [0.29, 0.717) is 25.3 Å². The molecular formula is C25H31BN6O6. The number of hydrogen-bond donors (Lipinski definition) is 5. The lowest BCUT2D eigenvalue weighted by molar-refractivity contribution is -0.139. The van der Waals surface area contributed by atoms with Crippen molar-refractivity contribution in [1.82, 2.24) is 25.5 Å². The lowest BCUT2D eigenvalue weighted by Gasteiger charge is -2.23. The summed E-state index contributed by atoms with van der Waals surface area (Å²) in [4.78, 5) is 51.8. The van der Waals surface area contributed by atoms with Crippen molar-refractivity contribution >= 4 is 30.6 Å². The largest absolute Gasteiger partial charge is 0.481 e. The summed E-state index contributed by atoms with van der Waals surface area (Å²) in [6, 6.07) is 7.56. The minimum atomic E-state index is -1.84. The van der Waals surface area contributed by atoms with E-state index >= 15 is 0 Å². The molecule has 0 aliphatic carbocycles. The topological polar surface area (TPSA) is 177 Å². The van der Waals surface area contributed by atoms with Crippen molar-refractivity contribution in [2.45, 2.75) is 51.3 Å². The van der Waals surface area contributed by atoms with Gasteiger partial charge in [0.25, 0.3) is 5.91 Å². The maximum atomic E-state index is 12.7. The molecule has 12 nitrogen and oxygen atoms in total. The number of aliphatic carboxylic acids is 1. The average Bonchev–Trinajstić information content (AvgIpc) is 2.89. The standard InChI is InChI=1S/C25H31BN6O6/c1-17(26(37)38)30-25(36)22(12-23(33)34)31-24(35)18-8-9-21(29-13-18)16-32(14-19-6-2-4-10-27-19)15-20-7-3-5-11-28-20/h2,4-6,8-11,13,17,22,37-38H,3,7,12,14-16H2,1H3,(H,30,36)(H,31,35)(H,33,34)/t17-,22+/m1/s1. The van der Waals surface area contributed by atoms with E-state index < -0.39 is 43.3 Å². The Morgan fingerprint density at radius 2 is 1.82 bits per heavy atom. The van der Waals surface area contributed by atoms with Crippen LogP contribution in [0, 0.1) is 0 Å². The van der Waals surface area contributed by atoms with E-state index in [0.717, 1.165) is 24.2 Å². The highest BCUT2D eigenvalue weighted by Gasteiger charge is 2.28. The molecule has 1 aliphatic rings. The number of rotatable bonds is 13. The second-order valence-electron chi connectivity index (χ2n) is 8.96. The molecule has 3 heterocycles. The van der Waals surface area contributed by atoms with Crippen LogP contribution in [-0.2, 0) is 22.7 Å². The fourth-order valence-electron chi connectivity index (χ4n) is 3.72. The maximum absolute atomic E-state index is 12.7.